The smallest absolute Gasteiger partial charge is 0.262 e. The van der Waals surface area contributed by atoms with E-state index in [4.69, 9.17) is 10.5 Å². The number of nitrogens with two attached hydrogens (primary N) is 1. The van der Waals surface area contributed by atoms with Gasteiger partial charge in [-0.2, -0.15) is 0 Å². The van der Waals surface area contributed by atoms with Crippen molar-refractivity contribution < 1.29 is 21.9 Å². The molecule has 0 aliphatic carbocycles. The van der Waals surface area contributed by atoms with Crippen molar-refractivity contribution in [3.63, 3.8) is 0 Å². The molecule has 0 aliphatic rings. The summed E-state index contributed by atoms with van der Waals surface area (Å²) in [7, 11) is -2.78. The van der Waals surface area contributed by atoms with E-state index in [1.807, 2.05) is 0 Å². The molecule has 2 rings (SSSR count). The summed E-state index contributed by atoms with van der Waals surface area (Å²) in [6, 6.07) is 6.46. The zero-order chi connectivity index (χ0) is 15.6. The quantitative estimate of drug-likeness (QED) is 0.849. The van der Waals surface area contributed by atoms with Crippen molar-refractivity contribution in [2.24, 2.45) is 0 Å². The zero-order valence-electron chi connectivity index (χ0n) is 10.9. The van der Waals surface area contributed by atoms with Crippen LogP contribution in [0.1, 0.15) is 0 Å². The van der Waals surface area contributed by atoms with E-state index in [1.54, 1.807) is 0 Å². The van der Waals surface area contributed by atoms with Gasteiger partial charge in [0.2, 0.25) is 0 Å². The zero-order valence-corrected chi connectivity index (χ0v) is 11.7. The van der Waals surface area contributed by atoms with E-state index >= 15 is 0 Å². The van der Waals surface area contributed by atoms with Gasteiger partial charge in [-0.05, 0) is 30.3 Å². The van der Waals surface area contributed by atoms with Crippen molar-refractivity contribution in [2.45, 2.75) is 4.90 Å². The maximum atomic E-state index is 13.5. The number of benzene rings is 2. The van der Waals surface area contributed by atoms with Gasteiger partial charge in [0.05, 0.1) is 17.7 Å². The third-order valence-electron chi connectivity index (χ3n) is 2.61. The fraction of sp³-hybridized carbons (Fsp3) is 0.0769. The van der Waals surface area contributed by atoms with Gasteiger partial charge in [-0.3, -0.25) is 4.72 Å². The summed E-state index contributed by atoms with van der Waals surface area (Å²) in [5.74, 6) is -1.53. The highest BCUT2D eigenvalue weighted by atomic mass is 32.2. The van der Waals surface area contributed by atoms with Gasteiger partial charge < -0.3 is 10.5 Å². The molecule has 0 heterocycles. The monoisotopic (exact) mass is 314 g/mol. The van der Waals surface area contributed by atoms with Crippen LogP contribution in [0.25, 0.3) is 0 Å². The molecular formula is C13H12F2N2O3S. The Morgan fingerprint density at radius 3 is 2.43 bits per heavy atom. The average molecular weight is 314 g/mol. The lowest BCUT2D eigenvalue weighted by molar-refractivity contribution is 0.386. The number of ether oxygens (including phenoxy) is 1. The van der Waals surface area contributed by atoms with E-state index in [2.05, 4.69) is 4.72 Å². The van der Waals surface area contributed by atoms with Crippen molar-refractivity contribution in [1.29, 1.82) is 0 Å². The Hall–Kier alpha value is -2.35. The van der Waals surface area contributed by atoms with Crippen LogP contribution in [0, 0.1) is 11.6 Å². The van der Waals surface area contributed by atoms with Crippen molar-refractivity contribution in [1.82, 2.24) is 0 Å². The SMILES string of the molecule is COc1ccc(NS(=O)(=O)c2cc(N)cc(F)c2)cc1F. The Kier molecular flexibility index (Phi) is 3.99. The molecule has 0 bridgehead atoms. The first-order valence-electron chi connectivity index (χ1n) is 5.74. The van der Waals surface area contributed by atoms with Crippen LogP contribution in [0.5, 0.6) is 5.75 Å². The van der Waals surface area contributed by atoms with Gasteiger partial charge in [0, 0.05) is 11.8 Å². The number of sulfonamides is 1. The van der Waals surface area contributed by atoms with Crippen LogP contribution in [0.3, 0.4) is 0 Å². The molecule has 3 N–H and O–H groups in total. The number of hydrogen-bond donors (Lipinski definition) is 2. The fourth-order valence-electron chi connectivity index (χ4n) is 1.68. The van der Waals surface area contributed by atoms with E-state index in [0.29, 0.717) is 0 Å². The maximum absolute atomic E-state index is 13.5. The molecule has 0 atom stereocenters. The molecule has 0 amide bonds. The second-order valence-electron chi connectivity index (χ2n) is 4.18. The maximum Gasteiger partial charge on any atom is 0.262 e. The minimum atomic E-state index is -4.07. The molecule has 2 aromatic carbocycles. The molecule has 0 spiro atoms. The molecule has 2 aromatic rings. The number of anilines is 2. The van der Waals surface area contributed by atoms with E-state index in [-0.39, 0.29) is 22.0 Å². The van der Waals surface area contributed by atoms with Crippen LogP contribution in [0.15, 0.2) is 41.3 Å². The van der Waals surface area contributed by atoms with Gasteiger partial charge in [-0.15, -0.1) is 0 Å². The molecule has 8 heteroatoms. The molecule has 0 fully saturated rings. The van der Waals surface area contributed by atoms with E-state index in [0.717, 1.165) is 24.3 Å². The third-order valence-corrected chi connectivity index (χ3v) is 3.97. The summed E-state index contributed by atoms with van der Waals surface area (Å²) in [5.41, 5.74) is 5.35. The molecule has 21 heavy (non-hydrogen) atoms. The van der Waals surface area contributed by atoms with Gasteiger partial charge in [0.25, 0.3) is 10.0 Å². The molecule has 0 saturated heterocycles. The van der Waals surface area contributed by atoms with Crippen LogP contribution in [-0.4, -0.2) is 15.5 Å². The minimum absolute atomic E-state index is 0.0175. The highest BCUT2D eigenvalue weighted by Crippen LogP contribution is 2.24. The lowest BCUT2D eigenvalue weighted by atomic mass is 10.3. The first-order valence-corrected chi connectivity index (χ1v) is 7.22. The Morgan fingerprint density at radius 1 is 1.14 bits per heavy atom. The van der Waals surface area contributed by atoms with Crippen molar-refractivity contribution in [2.75, 3.05) is 17.6 Å². The van der Waals surface area contributed by atoms with Crippen LogP contribution in [-0.2, 0) is 10.0 Å². The summed E-state index contributed by atoms with van der Waals surface area (Å²) in [6.07, 6.45) is 0. The van der Waals surface area contributed by atoms with Gasteiger partial charge >= 0.3 is 0 Å². The summed E-state index contributed by atoms with van der Waals surface area (Å²) < 4.78 is 57.8. The van der Waals surface area contributed by atoms with Crippen LogP contribution in [0.2, 0.25) is 0 Å². The highest BCUT2D eigenvalue weighted by molar-refractivity contribution is 7.92. The van der Waals surface area contributed by atoms with Gasteiger partial charge in [0.15, 0.2) is 11.6 Å². The fourth-order valence-corrected chi connectivity index (χ4v) is 2.80. The van der Waals surface area contributed by atoms with Crippen LogP contribution >= 0.6 is 0 Å². The second-order valence-corrected chi connectivity index (χ2v) is 5.86. The average Bonchev–Trinajstić information content (AvgIpc) is 2.37. The number of nitrogen functional groups attached to an aromatic ring is 1. The summed E-state index contributed by atoms with van der Waals surface area (Å²) in [6.45, 7) is 0. The molecule has 0 radical (unpaired) electrons. The lowest BCUT2D eigenvalue weighted by Gasteiger charge is -2.10. The normalized spacial score (nSPS) is 11.2. The highest BCUT2D eigenvalue weighted by Gasteiger charge is 2.17. The van der Waals surface area contributed by atoms with Crippen LogP contribution in [0.4, 0.5) is 20.2 Å². The van der Waals surface area contributed by atoms with Crippen molar-refractivity contribution in [3.05, 3.63) is 48.0 Å². The topological polar surface area (TPSA) is 81.4 Å². The van der Waals surface area contributed by atoms with Gasteiger partial charge in [-0.25, -0.2) is 17.2 Å². The van der Waals surface area contributed by atoms with Crippen molar-refractivity contribution >= 4 is 21.4 Å². The van der Waals surface area contributed by atoms with Gasteiger partial charge in [-0.1, -0.05) is 0 Å². The first-order chi connectivity index (χ1) is 9.81. The number of nitrogens with one attached hydrogen (secondary N) is 1. The van der Waals surface area contributed by atoms with E-state index in [9.17, 15) is 17.2 Å². The predicted octanol–water partition coefficient (Wildman–Crippen LogP) is 2.36. The predicted molar refractivity (Wildman–Crippen MR) is 74.6 cm³/mol. The Balaban J connectivity index is 2.35. The number of methoxy groups -OCH3 is 1. The summed E-state index contributed by atoms with van der Waals surface area (Å²) >= 11 is 0. The molecule has 0 unspecified atom stereocenters. The third kappa shape index (κ3) is 3.40. The largest absolute Gasteiger partial charge is 0.494 e. The molecule has 112 valence electrons. The summed E-state index contributed by atoms with van der Waals surface area (Å²) in [5, 5.41) is 0. The summed E-state index contributed by atoms with van der Waals surface area (Å²) in [4.78, 5) is -0.351. The van der Waals surface area contributed by atoms with Crippen molar-refractivity contribution in [3.8, 4) is 5.75 Å². The molecule has 0 aromatic heterocycles. The Labute approximate surface area is 120 Å². The van der Waals surface area contributed by atoms with E-state index < -0.39 is 21.7 Å². The number of rotatable bonds is 4. The van der Waals surface area contributed by atoms with Crippen LogP contribution < -0.4 is 15.2 Å². The molecule has 5 nitrogen and oxygen atoms in total. The lowest BCUT2D eigenvalue weighted by Crippen LogP contribution is -2.13. The van der Waals surface area contributed by atoms with E-state index in [1.165, 1.54) is 19.2 Å². The molecule has 0 aliphatic heterocycles. The Bertz CT molecular complexity index is 759. The second kappa shape index (κ2) is 5.57. The molecular weight excluding hydrogens is 302 g/mol. The standard InChI is InChI=1S/C13H12F2N2O3S/c1-20-13-3-2-10(7-12(13)15)17-21(18,19)11-5-8(14)4-9(16)6-11/h2-7,17H,16H2,1H3. The molecule has 0 saturated carbocycles. The number of hydrogen-bond acceptors (Lipinski definition) is 4. The first kappa shape index (κ1) is 15.0. The minimum Gasteiger partial charge on any atom is -0.494 e. The Morgan fingerprint density at radius 2 is 1.86 bits per heavy atom. The van der Waals surface area contributed by atoms with Gasteiger partial charge in [0.1, 0.15) is 5.82 Å². The number of halogens is 2.